The van der Waals surface area contributed by atoms with Crippen molar-refractivity contribution < 1.29 is 15.1 Å². The summed E-state index contributed by atoms with van der Waals surface area (Å²) in [4.78, 5) is 10.9. The van der Waals surface area contributed by atoms with Crippen molar-refractivity contribution in [2.45, 2.75) is 33.1 Å². The summed E-state index contributed by atoms with van der Waals surface area (Å²) < 4.78 is 0. The lowest BCUT2D eigenvalue weighted by Gasteiger charge is -2.07. The maximum absolute atomic E-state index is 10.9. The summed E-state index contributed by atoms with van der Waals surface area (Å²) in [6.45, 7) is 5.39. The highest BCUT2D eigenvalue weighted by atomic mass is 16.4. The number of carbonyl (C=O) groups is 1. The fourth-order valence-electron chi connectivity index (χ4n) is 1.75. The molecule has 1 aromatic rings. The number of aliphatic carboxylic acids is 1. The third-order valence-electron chi connectivity index (χ3n) is 3.14. The Labute approximate surface area is 113 Å². The third kappa shape index (κ3) is 3.95. The van der Waals surface area contributed by atoms with Crippen LogP contribution >= 0.6 is 0 Å². The van der Waals surface area contributed by atoms with Crippen LogP contribution in [-0.2, 0) is 4.79 Å². The van der Waals surface area contributed by atoms with Gasteiger partial charge in [0.15, 0.2) is 0 Å². The van der Waals surface area contributed by atoms with Crippen molar-refractivity contribution in [3.05, 3.63) is 41.0 Å². The normalized spacial score (nSPS) is 14.3. The Hall–Kier alpha value is -2.10. The summed E-state index contributed by atoms with van der Waals surface area (Å²) in [6.07, 6.45) is 2.70. The molecule has 4 heteroatoms. The highest BCUT2D eigenvalue weighted by Gasteiger charge is 2.12. The largest absolute Gasteiger partial charge is 0.481 e. The van der Waals surface area contributed by atoms with Crippen LogP contribution in [-0.4, -0.2) is 22.0 Å². The van der Waals surface area contributed by atoms with E-state index in [9.17, 15) is 4.79 Å². The topological polar surface area (TPSA) is 69.9 Å². The van der Waals surface area contributed by atoms with Gasteiger partial charge in [0.25, 0.3) is 0 Å². The van der Waals surface area contributed by atoms with E-state index in [2.05, 4.69) is 5.16 Å². The Morgan fingerprint density at radius 2 is 1.95 bits per heavy atom. The van der Waals surface area contributed by atoms with Crippen LogP contribution in [0.3, 0.4) is 0 Å². The van der Waals surface area contributed by atoms with Gasteiger partial charge in [-0.2, -0.15) is 0 Å². The van der Waals surface area contributed by atoms with Crippen LogP contribution in [0.15, 0.2) is 35.0 Å². The maximum Gasteiger partial charge on any atom is 0.310 e. The molecule has 0 saturated carbocycles. The summed E-state index contributed by atoms with van der Waals surface area (Å²) in [5.41, 5.74) is 3.27. The number of carboxylic acid groups (broad SMARTS) is 1. The summed E-state index contributed by atoms with van der Waals surface area (Å²) in [5.74, 6) is -1.34. The van der Waals surface area contributed by atoms with E-state index in [1.54, 1.807) is 13.8 Å². The van der Waals surface area contributed by atoms with Gasteiger partial charge in [-0.25, -0.2) is 0 Å². The Balaban J connectivity index is 2.99. The van der Waals surface area contributed by atoms with Crippen molar-refractivity contribution in [2.24, 2.45) is 5.16 Å². The molecule has 1 atom stereocenters. The molecule has 0 aliphatic carbocycles. The lowest BCUT2D eigenvalue weighted by atomic mass is 9.98. The predicted octanol–water partition coefficient (Wildman–Crippen LogP) is 3.52. The molecule has 4 nitrogen and oxygen atoms in total. The molecule has 1 aromatic carbocycles. The second kappa shape index (κ2) is 6.73. The summed E-state index contributed by atoms with van der Waals surface area (Å²) in [5, 5.41) is 20.9. The number of carboxylic acids is 1. The second-order valence-electron chi connectivity index (χ2n) is 4.44. The molecule has 19 heavy (non-hydrogen) atoms. The minimum absolute atomic E-state index is 0.510. The highest BCUT2D eigenvalue weighted by Crippen LogP contribution is 2.18. The molecule has 0 spiro atoms. The van der Waals surface area contributed by atoms with Crippen molar-refractivity contribution in [1.29, 1.82) is 0 Å². The third-order valence-corrected chi connectivity index (χ3v) is 3.14. The van der Waals surface area contributed by atoms with Gasteiger partial charge in [-0.1, -0.05) is 36.3 Å². The Morgan fingerprint density at radius 1 is 1.37 bits per heavy atom. The van der Waals surface area contributed by atoms with E-state index in [-0.39, 0.29) is 0 Å². The van der Waals surface area contributed by atoms with Crippen LogP contribution in [0.25, 0.3) is 6.08 Å². The van der Waals surface area contributed by atoms with E-state index < -0.39 is 11.9 Å². The molecule has 0 aliphatic rings. The lowest BCUT2D eigenvalue weighted by Crippen LogP contribution is -2.07. The second-order valence-corrected chi connectivity index (χ2v) is 4.44. The van der Waals surface area contributed by atoms with E-state index in [0.29, 0.717) is 5.71 Å². The van der Waals surface area contributed by atoms with E-state index in [1.807, 2.05) is 37.3 Å². The van der Waals surface area contributed by atoms with Gasteiger partial charge in [-0.3, -0.25) is 4.79 Å². The number of rotatable bonds is 5. The van der Waals surface area contributed by atoms with Crippen molar-refractivity contribution in [3.8, 4) is 0 Å². The zero-order valence-corrected chi connectivity index (χ0v) is 11.4. The first kappa shape index (κ1) is 15.0. The molecule has 2 N–H and O–H groups in total. The molecule has 1 rings (SSSR count). The van der Waals surface area contributed by atoms with Gasteiger partial charge in [0.2, 0.25) is 0 Å². The van der Waals surface area contributed by atoms with Crippen molar-refractivity contribution in [1.82, 2.24) is 0 Å². The number of benzene rings is 1. The number of nitrogens with zero attached hydrogens (tertiary/aromatic N) is 1. The summed E-state index contributed by atoms with van der Waals surface area (Å²) in [7, 11) is 0. The summed E-state index contributed by atoms with van der Waals surface area (Å²) in [6, 6.07) is 7.36. The molecule has 0 heterocycles. The first-order chi connectivity index (χ1) is 8.99. The van der Waals surface area contributed by atoms with E-state index >= 15 is 0 Å². The van der Waals surface area contributed by atoms with Crippen LogP contribution < -0.4 is 0 Å². The lowest BCUT2D eigenvalue weighted by molar-refractivity contribution is -0.138. The van der Waals surface area contributed by atoms with E-state index in [1.165, 1.54) is 0 Å². The number of hydrogen-bond acceptors (Lipinski definition) is 3. The zero-order chi connectivity index (χ0) is 14.4. The fraction of sp³-hybridized carbons (Fsp3) is 0.333. The Kier molecular flexibility index (Phi) is 5.30. The Bertz CT molecular complexity index is 501. The van der Waals surface area contributed by atoms with Gasteiger partial charge in [0.05, 0.1) is 11.6 Å². The van der Waals surface area contributed by atoms with Gasteiger partial charge in [0, 0.05) is 0 Å². The van der Waals surface area contributed by atoms with Gasteiger partial charge in [-0.15, -0.1) is 0 Å². The SMILES string of the molecule is CCC(=Cc1ccc(C(C)C(=O)O)cc1)C(C)=NO. The first-order valence-electron chi connectivity index (χ1n) is 6.22. The average molecular weight is 261 g/mol. The molecule has 0 fully saturated rings. The minimum Gasteiger partial charge on any atom is -0.481 e. The molecule has 0 amide bonds. The minimum atomic E-state index is -0.833. The van der Waals surface area contributed by atoms with Crippen LogP contribution in [0, 0.1) is 0 Å². The van der Waals surface area contributed by atoms with Gasteiger partial charge >= 0.3 is 5.97 Å². The molecule has 0 saturated heterocycles. The van der Waals surface area contributed by atoms with Crippen molar-refractivity contribution in [2.75, 3.05) is 0 Å². The van der Waals surface area contributed by atoms with Crippen LogP contribution in [0.1, 0.15) is 44.2 Å². The molecule has 1 unspecified atom stereocenters. The van der Waals surface area contributed by atoms with Gasteiger partial charge in [-0.05, 0) is 43.0 Å². The van der Waals surface area contributed by atoms with Crippen LogP contribution in [0.4, 0.5) is 0 Å². The Morgan fingerprint density at radius 3 is 2.37 bits per heavy atom. The van der Waals surface area contributed by atoms with Crippen molar-refractivity contribution >= 4 is 17.8 Å². The predicted molar refractivity (Wildman–Crippen MR) is 75.7 cm³/mol. The molecule has 0 radical (unpaired) electrons. The van der Waals surface area contributed by atoms with Crippen molar-refractivity contribution in [3.63, 3.8) is 0 Å². The number of allylic oxidation sites excluding steroid dienone is 1. The molecular weight excluding hydrogens is 242 g/mol. The van der Waals surface area contributed by atoms with Gasteiger partial charge < -0.3 is 10.3 Å². The molecule has 0 aromatic heterocycles. The standard InChI is InChI=1S/C15H19NO3/c1-4-13(11(3)16-19)9-12-5-7-14(8-6-12)10(2)15(17)18/h5-10,19H,4H2,1-3H3,(H,17,18). The molecular formula is C15H19NO3. The first-order valence-corrected chi connectivity index (χ1v) is 6.22. The highest BCUT2D eigenvalue weighted by molar-refractivity contribution is 6.01. The van der Waals surface area contributed by atoms with E-state index in [0.717, 1.165) is 23.1 Å². The molecule has 0 aliphatic heterocycles. The maximum atomic E-state index is 10.9. The average Bonchev–Trinajstić information content (AvgIpc) is 2.43. The number of hydrogen-bond donors (Lipinski definition) is 2. The smallest absolute Gasteiger partial charge is 0.310 e. The fourth-order valence-corrected chi connectivity index (χ4v) is 1.75. The molecule has 102 valence electrons. The number of oxime groups is 1. The zero-order valence-electron chi connectivity index (χ0n) is 11.4. The summed E-state index contributed by atoms with van der Waals surface area (Å²) >= 11 is 0. The molecule has 0 bridgehead atoms. The monoisotopic (exact) mass is 261 g/mol. The quantitative estimate of drug-likeness (QED) is 0.484. The van der Waals surface area contributed by atoms with E-state index in [4.69, 9.17) is 10.3 Å². The van der Waals surface area contributed by atoms with Crippen LogP contribution in [0.2, 0.25) is 0 Å². The van der Waals surface area contributed by atoms with Gasteiger partial charge in [0.1, 0.15) is 0 Å². The van der Waals surface area contributed by atoms with Crippen LogP contribution in [0.5, 0.6) is 0 Å².